The average Bonchev–Trinajstić information content (AvgIpc) is 2.37. The highest BCUT2D eigenvalue weighted by molar-refractivity contribution is 14.1. The SMILES string of the molecule is CCCN(CC)CCNc1ccc([N+](=O)[O-])c(I)c1. The second-order valence-corrected chi connectivity index (χ2v) is 5.45. The van der Waals surface area contributed by atoms with Crippen molar-refractivity contribution in [1.29, 1.82) is 0 Å². The summed E-state index contributed by atoms with van der Waals surface area (Å²) in [5.41, 5.74) is 1.09. The van der Waals surface area contributed by atoms with Gasteiger partial charge in [-0.3, -0.25) is 10.1 Å². The Labute approximate surface area is 127 Å². The molecule has 0 unspecified atom stereocenters. The summed E-state index contributed by atoms with van der Waals surface area (Å²) in [6.07, 6.45) is 1.16. The van der Waals surface area contributed by atoms with Crippen molar-refractivity contribution >= 4 is 34.0 Å². The summed E-state index contributed by atoms with van der Waals surface area (Å²) >= 11 is 2.00. The van der Waals surface area contributed by atoms with E-state index in [0.29, 0.717) is 3.57 Å². The highest BCUT2D eigenvalue weighted by Gasteiger charge is 2.11. The zero-order valence-corrected chi connectivity index (χ0v) is 13.5. The summed E-state index contributed by atoms with van der Waals surface area (Å²) in [5, 5.41) is 14.0. The standard InChI is InChI=1S/C13H20IN3O2/c1-3-8-16(4-2)9-7-15-11-5-6-13(17(18)19)12(14)10-11/h5-6,10,15H,3-4,7-9H2,1-2H3. The fraction of sp³-hybridized carbons (Fsp3) is 0.538. The molecule has 1 aromatic rings. The number of nitrogens with one attached hydrogen (secondary N) is 1. The van der Waals surface area contributed by atoms with Crippen molar-refractivity contribution < 1.29 is 4.92 Å². The highest BCUT2D eigenvalue weighted by atomic mass is 127. The van der Waals surface area contributed by atoms with Gasteiger partial charge in [0.05, 0.1) is 8.49 Å². The van der Waals surface area contributed by atoms with Gasteiger partial charge in [-0.05, 0) is 54.2 Å². The number of halogens is 1. The molecule has 0 aliphatic heterocycles. The molecule has 0 fully saturated rings. The van der Waals surface area contributed by atoms with Crippen LogP contribution in [0.4, 0.5) is 11.4 Å². The molecular weight excluding hydrogens is 357 g/mol. The lowest BCUT2D eigenvalue weighted by Gasteiger charge is -2.19. The molecule has 0 atom stereocenters. The zero-order chi connectivity index (χ0) is 14.3. The molecule has 1 aromatic carbocycles. The first kappa shape index (κ1) is 16.2. The van der Waals surface area contributed by atoms with Crippen molar-refractivity contribution in [3.05, 3.63) is 31.9 Å². The van der Waals surface area contributed by atoms with Crippen molar-refractivity contribution in [2.45, 2.75) is 20.3 Å². The minimum Gasteiger partial charge on any atom is -0.384 e. The van der Waals surface area contributed by atoms with Crippen molar-refractivity contribution in [2.75, 3.05) is 31.5 Å². The summed E-state index contributed by atoms with van der Waals surface area (Å²) in [6, 6.07) is 5.12. The second-order valence-electron chi connectivity index (χ2n) is 4.28. The maximum Gasteiger partial charge on any atom is 0.282 e. The molecule has 1 N–H and O–H groups in total. The summed E-state index contributed by atoms with van der Waals surface area (Å²) in [4.78, 5) is 12.7. The topological polar surface area (TPSA) is 58.4 Å². The van der Waals surface area contributed by atoms with Crippen LogP contribution in [0.2, 0.25) is 0 Å². The first-order valence-corrected chi connectivity index (χ1v) is 7.56. The number of nitrogens with zero attached hydrogens (tertiary/aromatic N) is 2. The molecule has 0 aliphatic carbocycles. The van der Waals surface area contributed by atoms with Crippen LogP contribution in [0.15, 0.2) is 18.2 Å². The number of nitro groups is 1. The van der Waals surface area contributed by atoms with Crippen LogP contribution < -0.4 is 5.32 Å². The number of hydrogen-bond acceptors (Lipinski definition) is 4. The lowest BCUT2D eigenvalue weighted by Crippen LogP contribution is -2.29. The molecule has 0 amide bonds. The summed E-state index contributed by atoms with van der Waals surface area (Å²) in [5.74, 6) is 0. The molecule has 0 radical (unpaired) electrons. The molecule has 0 heterocycles. The minimum absolute atomic E-state index is 0.160. The molecular formula is C13H20IN3O2. The summed E-state index contributed by atoms with van der Waals surface area (Å²) < 4.78 is 0.661. The Hall–Kier alpha value is -0.890. The molecule has 0 bridgehead atoms. The molecule has 6 heteroatoms. The third-order valence-electron chi connectivity index (χ3n) is 2.89. The Balaban J connectivity index is 2.50. The van der Waals surface area contributed by atoms with Crippen molar-refractivity contribution in [3.8, 4) is 0 Å². The molecule has 5 nitrogen and oxygen atoms in total. The van der Waals surface area contributed by atoms with Crippen LogP contribution >= 0.6 is 22.6 Å². The first-order chi connectivity index (χ1) is 9.08. The van der Waals surface area contributed by atoms with E-state index in [1.54, 1.807) is 12.1 Å². The van der Waals surface area contributed by atoms with E-state index in [4.69, 9.17) is 0 Å². The number of hydrogen-bond donors (Lipinski definition) is 1. The van der Waals surface area contributed by atoms with Crippen LogP contribution in [0.25, 0.3) is 0 Å². The zero-order valence-electron chi connectivity index (χ0n) is 11.4. The Morgan fingerprint density at radius 1 is 1.37 bits per heavy atom. The fourth-order valence-electron chi connectivity index (χ4n) is 1.87. The van der Waals surface area contributed by atoms with E-state index in [0.717, 1.165) is 38.3 Å². The molecule has 0 aliphatic rings. The van der Waals surface area contributed by atoms with Crippen LogP contribution in [-0.4, -0.2) is 36.0 Å². The normalized spacial score (nSPS) is 10.7. The largest absolute Gasteiger partial charge is 0.384 e. The van der Waals surface area contributed by atoms with Gasteiger partial charge in [-0.15, -0.1) is 0 Å². The van der Waals surface area contributed by atoms with Gasteiger partial charge in [-0.25, -0.2) is 0 Å². The molecule has 106 valence electrons. The number of nitro benzene ring substituents is 1. The van der Waals surface area contributed by atoms with E-state index < -0.39 is 0 Å². The van der Waals surface area contributed by atoms with Gasteiger partial charge in [-0.1, -0.05) is 13.8 Å². The lowest BCUT2D eigenvalue weighted by atomic mass is 10.3. The van der Waals surface area contributed by atoms with Gasteiger partial charge in [0.15, 0.2) is 0 Å². The Morgan fingerprint density at radius 2 is 2.11 bits per heavy atom. The van der Waals surface area contributed by atoms with Gasteiger partial charge in [0.1, 0.15) is 0 Å². The molecule has 0 saturated carbocycles. The third kappa shape index (κ3) is 5.32. The van der Waals surface area contributed by atoms with E-state index in [2.05, 4.69) is 24.1 Å². The van der Waals surface area contributed by atoms with Gasteiger partial charge in [0.25, 0.3) is 5.69 Å². The van der Waals surface area contributed by atoms with E-state index in [9.17, 15) is 10.1 Å². The minimum atomic E-state index is -0.356. The van der Waals surface area contributed by atoms with Crippen LogP contribution in [0.3, 0.4) is 0 Å². The van der Waals surface area contributed by atoms with Crippen molar-refractivity contribution in [3.63, 3.8) is 0 Å². The fourth-order valence-corrected chi connectivity index (χ4v) is 2.58. The monoisotopic (exact) mass is 377 g/mol. The van der Waals surface area contributed by atoms with Crippen LogP contribution in [0, 0.1) is 13.7 Å². The van der Waals surface area contributed by atoms with E-state index in [1.165, 1.54) is 0 Å². The van der Waals surface area contributed by atoms with E-state index in [-0.39, 0.29) is 10.6 Å². The van der Waals surface area contributed by atoms with Gasteiger partial charge in [-0.2, -0.15) is 0 Å². The maximum atomic E-state index is 10.7. The lowest BCUT2D eigenvalue weighted by molar-refractivity contribution is -0.385. The number of benzene rings is 1. The summed E-state index contributed by atoms with van der Waals surface area (Å²) in [7, 11) is 0. The average molecular weight is 377 g/mol. The second kappa shape index (κ2) is 8.31. The van der Waals surface area contributed by atoms with Gasteiger partial charge < -0.3 is 10.2 Å². The van der Waals surface area contributed by atoms with Crippen LogP contribution in [0.1, 0.15) is 20.3 Å². The summed E-state index contributed by atoms with van der Waals surface area (Å²) in [6.45, 7) is 8.32. The first-order valence-electron chi connectivity index (χ1n) is 6.48. The van der Waals surface area contributed by atoms with Crippen LogP contribution in [-0.2, 0) is 0 Å². The van der Waals surface area contributed by atoms with Gasteiger partial charge >= 0.3 is 0 Å². The number of anilines is 1. The molecule has 0 saturated heterocycles. The molecule has 0 aromatic heterocycles. The van der Waals surface area contributed by atoms with Crippen molar-refractivity contribution in [1.82, 2.24) is 4.90 Å². The predicted octanol–water partition coefficient (Wildman–Crippen LogP) is 3.34. The molecule has 19 heavy (non-hydrogen) atoms. The van der Waals surface area contributed by atoms with E-state index >= 15 is 0 Å². The highest BCUT2D eigenvalue weighted by Crippen LogP contribution is 2.23. The van der Waals surface area contributed by atoms with Gasteiger partial charge in [0.2, 0.25) is 0 Å². The molecule has 1 rings (SSSR count). The Morgan fingerprint density at radius 3 is 2.63 bits per heavy atom. The van der Waals surface area contributed by atoms with Crippen molar-refractivity contribution in [2.24, 2.45) is 0 Å². The number of likely N-dealkylation sites (N-methyl/N-ethyl adjacent to an activating group) is 1. The molecule has 0 spiro atoms. The quantitative estimate of drug-likeness (QED) is 0.429. The van der Waals surface area contributed by atoms with Crippen LogP contribution in [0.5, 0.6) is 0 Å². The Kier molecular flexibility index (Phi) is 7.07. The van der Waals surface area contributed by atoms with E-state index in [1.807, 2.05) is 28.7 Å². The Bertz CT molecular complexity index is 426. The third-order valence-corrected chi connectivity index (χ3v) is 3.75. The smallest absolute Gasteiger partial charge is 0.282 e. The predicted molar refractivity (Wildman–Crippen MR) is 86.7 cm³/mol. The van der Waals surface area contributed by atoms with Gasteiger partial charge in [0, 0.05) is 24.8 Å². The number of rotatable bonds is 8. The maximum absolute atomic E-state index is 10.7.